The van der Waals surface area contributed by atoms with Gasteiger partial charge in [-0.1, -0.05) is 5.16 Å². The maximum Gasteiger partial charge on any atom is 0.238 e. The number of phenolic OH excluding ortho intramolecular Hbond substituents is 1. The third-order valence-electron chi connectivity index (χ3n) is 2.32. The quantitative estimate of drug-likeness (QED) is 0.573. The molecule has 1 heterocycles. The molecule has 4 N–H and O–H groups in total. The van der Waals surface area contributed by atoms with E-state index in [0.717, 1.165) is 0 Å². The largest absolute Gasteiger partial charge is 0.508 e. The van der Waals surface area contributed by atoms with Gasteiger partial charge >= 0.3 is 0 Å². The van der Waals surface area contributed by atoms with Crippen LogP contribution in [0.15, 0.2) is 28.8 Å². The average molecular weight is 283 g/mol. The van der Waals surface area contributed by atoms with Crippen molar-refractivity contribution >= 4 is 21.4 Å². The number of nitrogen functional groups attached to an aromatic ring is 1. The SMILES string of the molecule is Cc1cc(CS(=O)(=O)Nc2ccc(O)cc2N)no1. The molecule has 0 atom stereocenters. The van der Waals surface area contributed by atoms with E-state index in [-0.39, 0.29) is 22.9 Å². The molecule has 0 aliphatic rings. The van der Waals surface area contributed by atoms with Gasteiger partial charge in [0.1, 0.15) is 23.0 Å². The van der Waals surface area contributed by atoms with E-state index in [2.05, 4.69) is 9.88 Å². The van der Waals surface area contributed by atoms with Crippen LogP contribution in [0.4, 0.5) is 11.4 Å². The van der Waals surface area contributed by atoms with Crippen LogP contribution in [0.25, 0.3) is 0 Å². The number of phenols is 1. The summed E-state index contributed by atoms with van der Waals surface area (Å²) < 4.78 is 30.9. The van der Waals surface area contributed by atoms with Gasteiger partial charge < -0.3 is 15.4 Å². The standard InChI is InChI=1S/C11H13N3O4S/c1-7-4-8(13-18-7)6-19(16,17)14-11-3-2-9(15)5-10(11)12/h2-5,14-15H,6,12H2,1H3. The van der Waals surface area contributed by atoms with Crippen LogP contribution in [-0.2, 0) is 15.8 Å². The van der Waals surface area contributed by atoms with Gasteiger partial charge in [-0.2, -0.15) is 0 Å². The number of anilines is 2. The highest BCUT2D eigenvalue weighted by Gasteiger charge is 2.16. The van der Waals surface area contributed by atoms with Crippen LogP contribution >= 0.6 is 0 Å². The molecule has 0 unspecified atom stereocenters. The first-order valence-corrected chi connectivity index (χ1v) is 7.02. The van der Waals surface area contributed by atoms with Crippen molar-refractivity contribution in [1.82, 2.24) is 5.16 Å². The van der Waals surface area contributed by atoms with Gasteiger partial charge in [0, 0.05) is 12.1 Å². The number of aromatic hydroxyl groups is 1. The molecule has 1 aromatic carbocycles. The molecule has 2 rings (SSSR count). The number of nitrogens with one attached hydrogen (secondary N) is 1. The number of rotatable bonds is 4. The smallest absolute Gasteiger partial charge is 0.238 e. The number of benzene rings is 1. The Labute approximate surface area is 110 Å². The molecular formula is C11H13N3O4S. The van der Waals surface area contributed by atoms with Gasteiger partial charge in [-0.3, -0.25) is 4.72 Å². The minimum Gasteiger partial charge on any atom is -0.508 e. The normalized spacial score (nSPS) is 11.4. The maximum atomic E-state index is 11.9. The fourth-order valence-electron chi connectivity index (χ4n) is 1.53. The van der Waals surface area contributed by atoms with E-state index in [1.807, 2.05) is 0 Å². The molecule has 1 aromatic heterocycles. The monoisotopic (exact) mass is 283 g/mol. The van der Waals surface area contributed by atoms with Crippen molar-refractivity contribution in [1.29, 1.82) is 0 Å². The summed E-state index contributed by atoms with van der Waals surface area (Å²) in [5, 5.41) is 12.8. The molecule has 0 bridgehead atoms. The second-order valence-corrected chi connectivity index (χ2v) is 5.78. The topological polar surface area (TPSA) is 118 Å². The second-order valence-electron chi connectivity index (χ2n) is 4.06. The Kier molecular flexibility index (Phi) is 3.34. The predicted molar refractivity (Wildman–Crippen MR) is 70.0 cm³/mol. The molecule has 2 aromatic rings. The molecule has 0 radical (unpaired) electrons. The van der Waals surface area contributed by atoms with E-state index in [9.17, 15) is 13.5 Å². The first kappa shape index (κ1) is 13.2. The Morgan fingerprint density at radius 1 is 1.42 bits per heavy atom. The van der Waals surface area contributed by atoms with Crippen LogP contribution in [0.5, 0.6) is 5.75 Å². The Morgan fingerprint density at radius 2 is 2.16 bits per heavy atom. The zero-order chi connectivity index (χ0) is 14.0. The zero-order valence-corrected chi connectivity index (χ0v) is 10.9. The highest BCUT2D eigenvalue weighted by atomic mass is 32.2. The summed E-state index contributed by atoms with van der Waals surface area (Å²) >= 11 is 0. The van der Waals surface area contributed by atoms with Crippen LogP contribution in [0.2, 0.25) is 0 Å². The number of sulfonamides is 1. The van der Waals surface area contributed by atoms with Crippen LogP contribution in [0, 0.1) is 6.92 Å². The van der Waals surface area contributed by atoms with Crippen molar-refractivity contribution in [2.45, 2.75) is 12.7 Å². The van der Waals surface area contributed by atoms with Gasteiger partial charge in [0.2, 0.25) is 10.0 Å². The van der Waals surface area contributed by atoms with Crippen molar-refractivity contribution in [3.63, 3.8) is 0 Å². The number of hydrogen-bond donors (Lipinski definition) is 3. The highest BCUT2D eigenvalue weighted by Crippen LogP contribution is 2.24. The van der Waals surface area contributed by atoms with Gasteiger partial charge in [0.05, 0.1) is 11.4 Å². The van der Waals surface area contributed by atoms with Gasteiger partial charge in [-0.15, -0.1) is 0 Å². The molecule has 0 saturated heterocycles. The van der Waals surface area contributed by atoms with Crippen molar-refractivity contribution in [2.24, 2.45) is 0 Å². The summed E-state index contributed by atoms with van der Waals surface area (Å²) in [7, 11) is -3.64. The first-order chi connectivity index (χ1) is 8.85. The van der Waals surface area contributed by atoms with E-state index in [1.54, 1.807) is 13.0 Å². The maximum absolute atomic E-state index is 11.9. The minimum absolute atomic E-state index is 0.0347. The molecule has 7 nitrogen and oxygen atoms in total. The second kappa shape index (κ2) is 4.81. The third kappa shape index (κ3) is 3.38. The Bertz CT molecular complexity index is 694. The van der Waals surface area contributed by atoms with Crippen LogP contribution in [0.3, 0.4) is 0 Å². The molecule has 0 amide bonds. The lowest BCUT2D eigenvalue weighted by atomic mass is 10.2. The van der Waals surface area contributed by atoms with E-state index in [1.165, 1.54) is 18.2 Å². The Hall–Kier alpha value is -2.22. The van der Waals surface area contributed by atoms with E-state index in [4.69, 9.17) is 10.3 Å². The minimum atomic E-state index is -3.64. The molecular weight excluding hydrogens is 270 g/mol. The molecule has 0 aliphatic heterocycles. The first-order valence-electron chi connectivity index (χ1n) is 5.37. The lowest BCUT2D eigenvalue weighted by Gasteiger charge is -2.09. The molecule has 19 heavy (non-hydrogen) atoms. The summed E-state index contributed by atoms with van der Waals surface area (Å²) in [6.07, 6.45) is 0. The molecule has 0 saturated carbocycles. The van der Waals surface area contributed by atoms with Crippen molar-refractivity contribution in [2.75, 3.05) is 10.5 Å². The summed E-state index contributed by atoms with van der Waals surface area (Å²) in [4.78, 5) is 0. The fraction of sp³-hybridized carbons (Fsp3) is 0.182. The van der Waals surface area contributed by atoms with Gasteiger partial charge in [-0.05, 0) is 19.1 Å². The van der Waals surface area contributed by atoms with Gasteiger partial charge in [0.15, 0.2) is 0 Å². The molecule has 0 spiro atoms. The molecule has 0 aliphatic carbocycles. The lowest BCUT2D eigenvalue weighted by Crippen LogP contribution is -2.16. The van der Waals surface area contributed by atoms with Crippen LogP contribution in [0.1, 0.15) is 11.5 Å². The highest BCUT2D eigenvalue weighted by molar-refractivity contribution is 7.91. The summed E-state index contributed by atoms with van der Waals surface area (Å²) in [6, 6.07) is 5.53. The predicted octanol–water partition coefficient (Wildman–Crippen LogP) is 1.21. The van der Waals surface area contributed by atoms with E-state index < -0.39 is 10.0 Å². The summed E-state index contributed by atoms with van der Waals surface area (Å²) in [5.41, 5.74) is 6.26. The summed E-state index contributed by atoms with van der Waals surface area (Å²) in [6.45, 7) is 1.68. The number of aromatic nitrogens is 1. The third-order valence-corrected chi connectivity index (χ3v) is 3.52. The van der Waals surface area contributed by atoms with E-state index >= 15 is 0 Å². The van der Waals surface area contributed by atoms with Crippen molar-refractivity contribution in [3.8, 4) is 5.75 Å². The number of nitrogens with zero attached hydrogens (tertiary/aromatic N) is 1. The Morgan fingerprint density at radius 3 is 2.74 bits per heavy atom. The Balaban J connectivity index is 2.17. The lowest BCUT2D eigenvalue weighted by molar-refractivity contribution is 0.392. The number of aryl methyl sites for hydroxylation is 1. The van der Waals surface area contributed by atoms with Crippen molar-refractivity contribution < 1.29 is 18.0 Å². The molecule has 8 heteroatoms. The van der Waals surface area contributed by atoms with Crippen LogP contribution in [-0.4, -0.2) is 18.7 Å². The average Bonchev–Trinajstić information content (AvgIpc) is 2.67. The summed E-state index contributed by atoms with van der Waals surface area (Å²) in [5.74, 6) is 0.187. The van der Waals surface area contributed by atoms with Gasteiger partial charge in [-0.25, -0.2) is 8.42 Å². The molecule has 0 fully saturated rings. The zero-order valence-electron chi connectivity index (χ0n) is 10.1. The number of nitrogens with two attached hydrogens (primary N) is 1. The van der Waals surface area contributed by atoms with Crippen molar-refractivity contribution in [3.05, 3.63) is 35.7 Å². The number of hydrogen-bond acceptors (Lipinski definition) is 6. The molecule has 102 valence electrons. The fourth-order valence-corrected chi connectivity index (χ4v) is 2.65. The van der Waals surface area contributed by atoms with E-state index in [0.29, 0.717) is 11.5 Å². The van der Waals surface area contributed by atoms with Crippen LogP contribution < -0.4 is 10.5 Å². The van der Waals surface area contributed by atoms with Gasteiger partial charge in [0.25, 0.3) is 0 Å².